The van der Waals surface area contributed by atoms with E-state index in [9.17, 15) is 4.39 Å². The average molecular weight is 337 g/mol. The first-order chi connectivity index (χ1) is 3.72. The third kappa shape index (κ3) is 1.15. The zero-order valence-electron chi connectivity index (χ0n) is 3.71. The van der Waals surface area contributed by atoms with Crippen LogP contribution in [0.3, 0.4) is 0 Å². The highest BCUT2D eigenvalue weighted by molar-refractivity contribution is 14.1. The summed E-state index contributed by atoms with van der Waals surface area (Å²) in [6.07, 6.45) is 1.64. The van der Waals surface area contributed by atoms with Gasteiger partial charge in [-0.3, -0.25) is 0 Å². The summed E-state index contributed by atoms with van der Waals surface area (Å²) in [7, 11) is 0. The van der Waals surface area contributed by atoms with Crippen LogP contribution in [0.15, 0.2) is 6.20 Å². The van der Waals surface area contributed by atoms with Crippen LogP contribution in [0.5, 0.6) is 0 Å². The van der Waals surface area contributed by atoms with E-state index >= 15 is 0 Å². The van der Waals surface area contributed by atoms with Gasteiger partial charge < -0.3 is 4.98 Å². The van der Waals surface area contributed by atoms with Crippen molar-refractivity contribution in [3.63, 3.8) is 0 Å². The smallest absolute Gasteiger partial charge is 0.205 e. The van der Waals surface area contributed by atoms with Crippen molar-refractivity contribution in [2.75, 3.05) is 0 Å². The summed E-state index contributed by atoms with van der Waals surface area (Å²) in [5, 5.41) is 0. The van der Waals surface area contributed by atoms with E-state index in [1.807, 2.05) is 22.6 Å². The SMILES string of the molecule is Fc1[nH]cc(I)c1I. The standard InChI is InChI=1S/C4H2FI2N/c5-4-3(7)2(6)1-8-4/h1,8H. The van der Waals surface area contributed by atoms with Gasteiger partial charge in [-0.15, -0.1) is 0 Å². The number of nitrogens with one attached hydrogen (secondary N) is 1. The van der Waals surface area contributed by atoms with Gasteiger partial charge in [-0.1, -0.05) is 0 Å². The molecule has 0 unspecified atom stereocenters. The Labute approximate surface area is 73.3 Å². The minimum atomic E-state index is -0.241. The zero-order chi connectivity index (χ0) is 6.15. The van der Waals surface area contributed by atoms with Crippen molar-refractivity contribution in [1.82, 2.24) is 4.98 Å². The van der Waals surface area contributed by atoms with E-state index in [0.717, 1.165) is 3.57 Å². The molecule has 8 heavy (non-hydrogen) atoms. The monoisotopic (exact) mass is 337 g/mol. The Hall–Kier alpha value is 0.670. The number of aromatic amines is 1. The largest absolute Gasteiger partial charge is 0.337 e. The third-order valence-corrected chi connectivity index (χ3v) is 3.67. The molecule has 4 heteroatoms. The van der Waals surface area contributed by atoms with Crippen LogP contribution in [0.1, 0.15) is 0 Å². The van der Waals surface area contributed by atoms with E-state index in [4.69, 9.17) is 0 Å². The van der Waals surface area contributed by atoms with Gasteiger partial charge in [0.05, 0.1) is 3.57 Å². The number of hydrogen-bond acceptors (Lipinski definition) is 0. The molecule has 0 saturated heterocycles. The molecule has 1 aromatic rings. The van der Waals surface area contributed by atoms with Crippen molar-refractivity contribution >= 4 is 45.2 Å². The predicted octanol–water partition coefficient (Wildman–Crippen LogP) is 2.36. The van der Waals surface area contributed by atoms with Gasteiger partial charge in [0.1, 0.15) is 0 Å². The first-order valence-corrected chi connectivity index (χ1v) is 4.05. The molecule has 0 atom stereocenters. The summed E-state index contributed by atoms with van der Waals surface area (Å²) >= 11 is 4.02. The van der Waals surface area contributed by atoms with Gasteiger partial charge in [0.25, 0.3) is 0 Å². The first kappa shape index (κ1) is 6.79. The van der Waals surface area contributed by atoms with Crippen LogP contribution in [0, 0.1) is 13.1 Å². The second-order valence-electron chi connectivity index (χ2n) is 1.26. The Kier molecular flexibility index (Phi) is 2.13. The molecule has 0 saturated carbocycles. The average Bonchev–Trinajstić information content (AvgIpc) is 1.98. The summed E-state index contributed by atoms with van der Waals surface area (Å²) < 4.78 is 13.9. The Morgan fingerprint density at radius 2 is 2.12 bits per heavy atom. The number of hydrogen-bond donors (Lipinski definition) is 1. The number of H-pyrrole nitrogens is 1. The topological polar surface area (TPSA) is 15.8 Å². The van der Waals surface area contributed by atoms with Crippen molar-refractivity contribution < 1.29 is 4.39 Å². The molecular weight excluding hydrogens is 335 g/mol. The number of rotatable bonds is 0. The maximum absolute atomic E-state index is 12.3. The lowest BCUT2D eigenvalue weighted by Gasteiger charge is -1.78. The lowest BCUT2D eigenvalue weighted by atomic mass is 10.7. The highest BCUT2D eigenvalue weighted by atomic mass is 127. The minimum Gasteiger partial charge on any atom is -0.337 e. The van der Waals surface area contributed by atoms with Crippen LogP contribution >= 0.6 is 45.2 Å². The number of aromatic nitrogens is 1. The first-order valence-electron chi connectivity index (χ1n) is 1.89. The van der Waals surface area contributed by atoms with Crippen LogP contribution in [-0.4, -0.2) is 4.98 Å². The molecule has 1 heterocycles. The summed E-state index contributed by atoms with van der Waals surface area (Å²) in [6, 6.07) is 0. The summed E-state index contributed by atoms with van der Waals surface area (Å²) in [4.78, 5) is 2.45. The van der Waals surface area contributed by atoms with E-state index in [-0.39, 0.29) is 5.95 Å². The Morgan fingerprint density at radius 1 is 1.50 bits per heavy atom. The van der Waals surface area contributed by atoms with E-state index in [1.165, 1.54) is 0 Å². The van der Waals surface area contributed by atoms with Crippen LogP contribution < -0.4 is 0 Å². The maximum atomic E-state index is 12.3. The van der Waals surface area contributed by atoms with Crippen molar-refractivity contribution in [1.29, 1.82) is 0 Å². The predicted molar refractivity (Wildman–Crippen MR) is 46.2 cm³/mol. The molecule has 1 nitrogen and oxygen atoms in total. The van der Waals surface area contributed by atoms with Crippen LogP contribution in [-0.2, 0) is 0 Å². The Morgan fingerprint density at radius 3 is 2.25 bits per heavy atom. The summed E-state index contributed by atoms with van der Waals surface area (Å²) in [5.74, 6) is -0.241. The van der Waals surface area contributed by atoms with Gasteiger partial charge in [-0.25, -0.2) is 0 Å². The molecule has 44 valence electrons. The fourth-order valence-corrected chi connectivity index (χ4v) is 1.06. The second-order valence-corrected chi connectivity index (χ2v) is 3.51. The van der Waals surface area contributed by atoms with Crippen molar-refractivity contribution in [2.24, 2.45) is 0 Å². The van der Waals surface area contributed by atoms with Gasteiger partial charge >= 0.3 is 0 Å². The molecular formula is C4H2FI2N. The third-order valence-electron chi connectivity index (χ3n) is 0.728. The molecule has 0 aliphatic heterocycles. The maximum Gasteiger partial charge on any atom is 0.205 e. The van der Waals surface area contributed by atoms with Crippen molar-refractivity contribution in [3.05, 3.63) is 19.3 Å². The molecule has 0 aliphatic rings. The van der Waals surface area contributed by atoms with E-state index in [1.54, 1.807) is 6.20 Å². The van der Waals surface area contributed by atoms with Gasteiger partial charge in [-0.05, 0) is 45.2 Å². The quantitative estimate of drug-likeness (QED) is 0.700. The van der Waals surface area contributed by atoms with E-state index in [2.05, 4.69) is 27.6 Å². The molecule has 0 aliphatic carbocycles. The molecule has 0 radical (unpaired) electrons. The molecule has 0 amide bonds. The minimum absolute atomic E-state index is 0.241. The van der Waals surface area contributed by atoms with E-state index in [0.29, 0.717) is 3.57 Å². The van der Waals surface area contributed by atoms with Gasteiger partial charge in [-0.2, -0.15) is 4.39 Å². The highest BCUT2D eigenvalue weighted by Gasteiger charge is 2.02. The van der Waals surface area contributed by atoms with Crippen molar-refractivity contribution in [2.45, 2.75) is 0 Å². The lowest BCUT2D eigenvalue weighted by Crippen LogP contribution is -1.73. The Balaban J connectivity index is 3.19. The van der Waals surface area contributed by atoms with Crippen LogP contribution in [0.2, 0.25) is 0 Å². The van der Waals surface area contributed by atoms with Crippen LogP contribution in [0.4, 0.5) is 4.39 Å². The fourth-order valence-electron chi connectivity index (χ4n) is 0.358. The summed E-state index contributed by atoms with van der Waals surface area (Å²) in [5.41, 5.74) is 0. The number of halogens is 3. The van der Waals surface area contributed by atoms with Gasteiger partial charge in [0.2, 0.25) is 5.95 Å². The van der Waals surface area contributed by atoms with E-state index < -0.39 is 0 Å². The molecule has 1 rings (SSSR count). The fraction of sp³-hybridized carbons (Fsp3) is 0. The highest BCUT2D eigenvalue weighted by Crippen LogP contribution is 2.16. The normalized spacial score (nSPS) is 9.88. The molecule has 0 spiro atoms. The molecule has 1 N–H and O–H groups in total. The Bertz CT molecular complexity index is 176. The summed E-state index contributed by atoms with van der Waals surface area (Å²) in [6.45, 7) is 0. The molecule has 0 fully saturated rings. The van der Waals surface area contributed by atoms with Crippen molar-refractivity contribution in [3.8, 4) is 0 Å². The molecule has 0 aromatic carbocycles. The van der Waals surface area contributed by atoms with Gasteiger partial charge in [0, 0.05) is 9.77 Å². The second kappa shape index (κ2) is 2.51. The lowest BCUT2D eigenvalue weighted by molar-refractivity contribution is 0.584. The molecule has 0 bridgehead atoms. The molecule has 1 aromatic heterocycles. The van der Waals surface area contributed by atoms with Crippen LogP contribution in [0.25, 0.3) is 0 Å². The van der Waals surface area contributed by atoms with Gasteiger partial charge in [0.15, 0.2) is 0 Å². The zero-order valence-corrected chi connectivity index (χ0v) is 8.03.